The maximum absolute atomic E-state index is 12.6. The lowest BCUT2D eigenvalue weighted by molar-refractivity contribution is 0.104. The smallest absolute Gasteiger partial charge is 0.185 e. The number of nitrogen functional groups attached to an aromatic ring is 1. The normalized spacial score (nSPS) is 12.2. The number of nitrogens with two attached hydrogens (primary N) is 1. The summed E-state index contributed by atoms with van der Waals surface area (Å²) in [7, 11) is 0. The fraction of sp³-hybridized carbons (Fsp3) is 0.375. The fourth-order valence-corrected chi connectivity index (χ4v) is 2.61. The first-order valence-corrected chi connectivity index (χ1v) is 9.45. The van der Waals surface area contributed by atoms with Gasteiger partial charge in [-0.05, 0) is 96.5 Å². The van der Waals surface area contributed by atoms with Crippen LogP contribution < -0.4 is 15.2 Å². The Kier molecular flexibility index (Phi) is 6.23. The Balaban J connectivity index is 2.49. The number of carbonyl (C=O) groups excluding carboxylic acids is 1. The van der Waals surface area contributed by atoms with E-state index < -0.39 is 0 Å². The summed E-state index contributed by atoms with van der Waals surface area (Å²) in [5.41, 5.74) is 7.89. The van der Waals surface area contributed by atoms with Crippen molar-refractivity contribution in [1.29, 1.82) is 0 Å². The highest BCUT2D eigenvalue weighted by atomic mass is 16.5. The average molecular weight is 382 g/mol. The van der Waals surface area contributed by atoms with Gasteiger partial charge in [0.2, 0.25) is 0 Å². The fourth-order valence-electron chi connectivity index (χ4n) is 2.61. The summed E-state index contributed by atoms with van der Waals surface area (Å²) in [6.45, 7) is 13.9. The number of hydrogen-bond acceptors (Lipinski definition) is 4. The van der Waals surface area contributed by atoms with E-state index in [0.717, 1.165) is 16.9 Å². The molecule has 0 heterocycles. The van der Waals surface area contributed by atoms with Gasteiger partial charge in [0.25, 0.3) is 0 Å². The van der Waals surface area contributed by atoms with E-state index in [4.69, 9.17) is 15.2 Å². The molecule has 0 fully saturated rings. The maximum Gasteiger partial charge on any atom is 0.185 e. The molecule has 0 spiro atoms. The van der Waals surface area contributed by atoms with E-state index in [9.17, 15) is 4.79 Å². The molecule has 0 saturated carbocycles. The van der Waals surface area contributed by atoms with Gasteiger partial charge in [-0.3, -0.25) is 4.79 Å². The highest BCUT2D eigenvalue weighted by Crippen LogP contribution is 2.37. The van der Waals surface area contributed by atoms with Crippen molar-refractivity contribution in [3.05, 3.63) is 59.2 Å². The number of benzene rings is 2. The molecular formula is C24H31NO3. The number of carbonyl (C=O) groups is 1. The van der Waals surface area contributed by atoms with Gasteiger partial charge in [0.1, 0.15) is 22.7 Å². The predicted octanol–water partition coefficient (Wildman–Crippen LogP) is 5.83. The highest BCUT2D eigenvalue weighted by Gasteiger charge is 2.21. The topological polar surface area (TPSA) is 61.5 Å². The SMILES string of the molecule is Cc1ccc(OC(C)(C)C)c(C=CC(=O)c2ccc(N)cc2)c1OC(C)(C)C. The number of ketones is 1. The minimum absolute atomic E-state index is 0.107. The number of aryl methyl sites for hydroxylation is 1. The Labute approximate surface area is 168 Å². The predicted molar refractivity (Wildman–Crippen MR) is 116 cm³/mol. The summed E-state index contributed by atoms with van der Waals surface area (Å²) < 4.78 is 12.4. The summed E-state index contributed by atoms with van der Waals surface area (Å²) in [5, 5.41) is 0. The molecule has 0 aromatic heterocycles. The van der Waals surface area contributed by atoms with Crippen LogP contribution in [-0.2, 0) is 0 Å². The van der Waals surface area contributed by atoms with Gasteiger partial charge in [0.15, 0.2) is 5.78 Å². The van der Waals surface area contributed by atoms with Crippen LogP contribution in [0.1, 0.15) is 63.0 Å². The summed E-state index contributed by atoms with van der Waals surface area (Å²) in [6, 6.07) is 10.8. The molecule has 28 heavy (non-hydrogen) atoms. The van der Waals surface area contributed by atoms with Crippen molar-refractivity contribution in [3.8, 4) is 11.5 Å². The first-order valence-electron chi connectivity index (χ1n) is 9.45. The van der Waals surface area contributed by atoms with Gasteiger partial charge < -0.3 is 15.2 Å². The zero-order chi connectivity index (χ0) is 21.1. The maximum atomic E-state index is 12.6. The second-order valence-electron chi connectivity index (χ2n) is 8.87. The Hall–Kier alpha value is -2.75. The summed E-state index contributed by atoms with van der Waals surface area (Å²) in [5.74, 6) is 1.29. The molecular weight excluding hydrogens is 350 g/mol. The zero-order valence-electron chi connectivity index (χ0n) is 17.9. The molecule has 0 saturated heterocycles. The molecule has 0 amide bonds. The minimum atomic E-state index is -0.380. The Morgan fingerprint density at radius 2 is 1.46 bits per heavy atom. The lowest BCUT2D eigenvalue weighted by Gasteiger charge is -2.27. The third-order valence-corrected chi connectivity index (χ3v) is 3.77. The Morgan fingerprint density at radius 3 is 2.00 bits per heavy atom. The van der Waals surface area contributed by atoms with Crippen LogP contribution in [0.15, 0.2) is 42.5 Å². The summed E-state index contributed by atoms with van der Waals surface area (Å²) in [6.07, 6.45) is 3.32. The molecule has 4 heteroatoms. The minimum Gasteiger partial charge on any atom is -0.487 e. The van der Waals surface area contributed by atoms with Crippen molar-refractivity contribution in [1.82, 2.24) is 0 Å². The molecule has 2 aromatic carbocycles. The molecule has 2 N–H and O–H groups in total. The van der Waals surface area contributed by atoms with E-state index >= 15 is 0 Å². The number of rotatable bonds is 5. The van der Waals surface area contributed by atoms with Crippen molar-refractivity contribution in [2.45, 2.75) is 59.7 Å². The molecule has 0 aliphatic heterocycles. The van der Waals surface area contributed by atoms with E-state index in [0.29, 0.717) is 17.0 Å². The highest BCUT2D eigenvalue weighted by molar-refractivity contribution is 6.07. The molecule has 2 rings (SSSR count). The molecule has 150 valence electrons. The van der Waals surface area contributed by atoms with Gasteiger partial charge in [-0.15, -0.1) is 0 Å². The standard InChI is InChI=1S/C24H31NO3/c1-16-8-15-21(27-23(2,3)4)19(22(16)28-24(5,6)7)13-14-20(26)17-9-11-18(25)12-10-17/h8-15H,25H2,1-7H3. The second-order valence-corrected chi connectivity index (χ2v) is 8.87. The summed E-state index contributed by atoms with van der Waals surface area (Å²) in [4.78, 5) is 12.6. The van der Waals surface area contributed by atoms with Gasteiger partial charge >= 0.3 is 0 Å². The number of allylic oxidation sites excluding steroid dienone is 1. The van der Waals surface area contributed by atoms with E-state index in [1.807, 2.05) is 60.6 Å². The lowest BCUT2D eigenvalue weighted by Crippen LogP contribution is -2.25. The zero-order valence-corrected chi connectivity index (χ0v) is 17.9. The van der Waals surface area contributed by atoms with Crippen LogP contribution in [0.3, 0.4) is 0 Å². The van der Waals surface area contributed by atoms with Gasteiger partial charge in [-0.25, -0.2) is 0 Å². The number of hydrogen-bond donors (Lipinski definition) is 1. The molecule has 4 nitrogen and oxygen atoms in total. The Bertz CT molecular complexity index is 866. The van der Waals surface area contributed by atoms with E-state index in [2.05, 4.69) is 0 Å². The van der Waals surface area contributed by atoms with Gasteiger partial charge in [0.05, 0.1) is 5.56 Å². The molecule has 0 bridgehead atoms. The third-order valence-electron chi connectivity index (χ3n) is 3.77. The Morgan fingerprint density at radius 1 is 0.893 bits per heavy atom. The monoisotopic (exact) mass is 381 g/mol. The van der Waals surface area contributed by atoms with Crippen LogP contribution in [0.2, 0.25) is 0 Å². The lowest BCUT2D eigenvalue weighted by atomic mass is 10.0. The second kappa shape index (κ2) is 8.09. The van der Waals surface area contributed by atoms with Crippen molar-refractivity contribution in [2.75, 3.05) is 5.73 Å². The van der Waals surface area contributed by atoms with Crippen molar-refractivity contribution in [3.63, 3.8) is 0 Å². The van der Waals surface area contributed by atoms with Crippen molar-refractivity contribution < 1.29 is 14.3 Å². The van der Waals surface area contributed by atoms with Crippen LogP contribution >= 0.6 is 0 Å². The van der Waals surface area contributed by atoms with Crippen LogP contribution in [0, 0.1) is 6.92 Å². The van der Waals surface area contributed by atoms with Crippen molar-refractivity contribution >= 4 is 17.5 Å². The number of ether oxygens (including phenoxy) is 2. The van der Waals surface area contributed by atoms with E-state index in [1.165, 1.54) is 0 Å². The first kappa shape index (κ1) is 21.5. The van der Waals surface area contributed by atoms with Crippen LogP contribution in [-0.4, -0.2) is 17.0 Å². The van der Waals surface area contributed by atoms with Crippen molar-refractivity contribution in [2.24, 2.45) is 0 Å². The molecule has 2 aromatic rings. The van der Waals surface area contributed by atoms with E-state index in [-0.39, 0.29) is 17.0 Å². The van der Waals surface area contributed by atoms with Crippen LogP contribution in [0.4, 0.5) is 5.69 Å². The number of anilines is 1. The summed E-state index contributed by atoms with van der Waals surface area (Å²) >= 11 is 0. The third kappa shape index (κ3) is 6.15. The molecule has 0 aliphatic rings. The largest absolute Gasteiger partial charge is 0.487 e. The quantitative estimate of drug-likeness (QED) is 0.402. The first-order chi connectivity index (χ1) is 12.9. The molecule has 0 atom stereocenters. The molecule has 0 aliphatic carbocycles. The van der Waals surface area contributed by atoms with Gasteiger partial charge in [-0.1, -0.05) is 6.07 Å². The molecule has 0 radical (unpaired) electrons. The van der Waals surface area contributed by atoms with E-state index in [1.54, 1.807) is 36.4 Å². The van der Waals surface area contributed by atoms with Crippen LogP contribution in [0.25, 0.3) is 6.08 Å². The molecule has 0 unspecified atom stereocenters. The van der Waals surface area contributed by atoms with Gasteiger partial charge in [0, 0.05) is 11.3 Å². The average Bonchev–Trinajstić information content (AvgIpc) is 2.55. The van der Waals surface area contributed by atoms with Crippen LogP contribution in [0.5, 0.6) is 11.5 Å². The van der Waals surface area contributed by atoms with Gasteiger partial charge in [-0.2, -0.15) is 0 Å².